The Morgan fingerprint density at radius 1 is 0.958 bits per heavy atom. The molecule has 0 saturated heterocycles. The lowest BCUT2D eigenvalue weighted by Gasteiger charge is -2.16. The summed E-state index contributed by atoms with van der Waals surface area (Å²) in [5.74, 6) is 1.63. The fourth-order valence-corrected chi connectivity index (χ4v) is 3.12. The van der Waals surface area contributed by atoms with Crippen molar-refractivity contribution >= 4 is 10.9 Å². The minimum Gasteiger partial charge on any atom is -0.493 e. The Bertz CT molecular complexity index is 757. The number of unbranched alkanes of at least 4 members (excludes halogenated alkanes) is 1. The third-order valence-electron chi connectivity index (χ3n) is 4.74. The summed E-state index contributed by atoms with van der Waals surface area (Å²) in [6.07, 6.45) is 7.13. The number of ether oxygens (including phenoxy) is 1. The van der Waals surface area contributed by atoms with Gasteiger partial charge in [0.1, 0.15) is 5.75 Å². The lowest BCUT2D eigenvalue weighted by atomic mass is 10.0. The second-order valence-corrected chi connectivity index (χ2v) is 6.47. The lowest BCUT2D eigenvalue weighted by molar-refractivity contribution is 0.233. The van der Waals surface area contributed by atoms with Crippen LogP contribution in [0.15, 0.2) is 60.8 Å². The van der Waals surface area contributed by atoms with E-state index in [1.54, 1.807) is 0 Å². The molecule has 2 aromatic carbocycles. The summed E-state index contributed by atoms with van der Waals surface area (Å²) in [6, 6.07) is 19.0. The number of fused-ring (bicyclic) bond motifs is 1. The molecule has 1 unspecified atom stereocenters. The molecule has 0 saturated carbocycles. The molecule has 0 aliphatic heterocycles. The van der Waals surface area contributed by atoms with Gasteiger partial charge in [0.05, 0.1) is 12.1 Å². The number of benzene rings is 2. The van der Waals surface area contributed by atoms with Crippen LogP contribution in [0.3, 0.4) is 0 Å². The van der Waals surface area contributed by atoms with Crippen molar-refractivity contribution in [3.63, 3.8) is 0 Å². The first kappa shape index (κ1) is 16.6. The van der Waals surface area contributed by atoms with Gasteiger partial charge in [0.25, 0.3) is 0 Å². The fourth-order valence-electron chi connectivity index (χ4n) is 3.12. The normalized spacial score (nSPS) is 12.4. The smallest absolute Gasteiger partial charge is 0.119 e. The third kappa shape index (κ3) is 3.81. The quantitative estimate of drug-likeness (QED) is 0.480. The Kier molecular flexibility index (Phi) is 5.58. The van der Waals surface area contributed by atoms with Crippen molar-refractivity contribution in [1.82, 2.24) is 4.57 Å². The minimum atomic E-state index is 0.665. The number of hydrogen-bond acceptors (Lipinski definition) is 1. The molecule has 0 aliphatic carbocycles. The van der Waals surface area contributed by atoms with Crippen LogP contribution < -0.4 is 4.74 Å². The third-order valence-corrected chi connectivity index (χ3v) is 4.74. The summed E-state index contributed by atoms with van der Waals surface area (Å²) in [5, 5.41) is 1.26. The summed E-state index contributed by atoms with van der Waals surface area (Å²) in [6.45, 7) is 5.32. The van der Waals surface area contributed by atoms with Gasteiger partial charge < -0.3 is 9.30 Å². The van der Waals surface area contributed by atoms with Crippen LogP contribution in [0.4, 0.5) is 0 Å². The molecule has 0 N–H and O–H groups in total. The van der Waals surface area contributed by atoms with E-state index in [1.165, 1.54) is 42.3 Å². The van der Waals surface area contributed by atoms with Crippen molar-refractivity contribution in [2.45, 2.75) is 39.5 Å². The largest absolute Gasteiger partial charge is 0.493 e. The van der Waals surface area contributed by atoms with Gasteiger partial charge in [0, 0.05) is 11.9 Å². The first-order valence-electron chi connectivity index (χ1n) is 9.11. The van der Waals surface area contributed by atoms with Gasteiger partial charge in [0.15, 0.2) is 0 Å². The maximum atomic E-state index is 6.01. The van der Waals surface area contributed by atoms with Crippen LogP contribution in [-0.4, -0.2) is 11.2 Å². The molecular weight excluding hydrogens is 294 g/mol. The van der Waals surface area contributed by atoms with E-state index in [9.17, 15) is 0 Å². The van der Waals surface area contributed by atoms with Crippen molar-refractivity contribution in [2.24, 2.45) is 5.92 Å². The Morgan fingerprint density at radius 2 is 1.75 bits per heavy atom. The maximum absolute atomic E-state index is 6.01. The Balaban J connectivity index is 1.67. The topological polar surface area (TPSA) is 14.2 Å². The van der Waals surface area contributed by atoms with E-state index in [1.807, 2.05) is 0 Å². The minimum absolute atomic E-state index is 0.665. The van der Waals surface area contributed by atoms with Gasteiger partial charge in [-0.15, -0.1) is 0 Å². The molecule has 2 heteroatoms. The lowest BCUT2D eigenvalue weighted by Crippen LogP contribution is -2.11. The van der Waals surface area contributed by atoms with E-state index in [2.05, 4.69) is 79.2 Å². The van der Waals surface area contributed by atoms with Gasteiger partial charge >= 0.3 is 0 Å². The Hall–Kier alpha value is -2.22. The first-order valence-corrected chi connectivity index (χ1v) is 9.11. The molecule has 0 amide bonds. The van der Waals surface area contributed by atoms with Crippen LogP contribution in [0.2, 0.25) is 0 Å². The number of rotatable bonds is 8. The monoisotopic (exact) mass is 321 g/mol. The maximum Gasteiger partial charge on any atom is 0.119 e. The molecule has 24 heavy (non-hydrogen) atoms. The molecule has 0 fully saturated rings. The number of aromatic nitrogens is 1. The molecule has 2 nitrogen and oxygen atoms in total. The second-order valence-electron chi connectivity index (χ2n) is 6.47. The van der Waals surface area contributed by atoms with Crippen LogP contribution in [0.5, 0.6) is 5.75 Å². The molecule has 126 valence electrons. The standard InChI is InChI=1S/C22H27NO/c1-3-5-8-18(4-2)17-24-21-13-11-20(12-14-21)23-16-15-19-9-6-7-10-22(19)23/h6-7,9-16,18H,3-5,8,17H2,1-2H3. The van der Waals surface area contributed by atoms with E-state index >= 15 is 0 Å². The predicted octanol–water partition coefficient (Wildman–Crippen LogP) is 6.23. The van der Waals surface area contributed by atoms with E-state index in [-0.39, 0.29) is 0 Å². The van der Waals surface area contributed by atoms with Crippen LogP contribution in [-0.2, 0) is 0 Å². The van der Waals surface area contributed by atoms with Gasteiger partial charge in [-0.25, -0.2) is 0 Å². The fraction of sp³-hybridized carbons (Fsp3) is 0.364. The summed E-state index contributed by atoms with van der Waals surface area (Å²) in [7, 11) is 0. The highest BCUT2D eigenvalue weighted by molar-refractivity contribution is 5.81. The Labute approximate surface area is 145 Å². The predicted molar refractivity (Wildman–Crippen MR) is 102 cm³/mol. The van der Waals surface area contributed by atoms with Crippen molar-refractivity contribution in [2.75, 3.05) is 6.61 Å². The Morgan fingerprint density at radius 3 is 2.50 bits per heavy atom. The van der Waals surface area contributed by atoms with Gasteiger partial charge in [-0.05, 0) is 54.1 Å². The highest BCUT2D eigenvalue weighted by Gasteiger charge is 2.07. The number of nitrogens with zero attached hydrogens (tertiary/aromatic N) is 1. The molecule has 3 aromatic rings. The van der Waals surface area contributed by atoms with Crippen LogP contribution in [0.25, 0.3) is 16.6 Å². The average Bonchev–Trinajstić information content (AvgIpc) is 3.06. The summed E-state index contributed by atoms with van der Waals surface area (Å²) in [4.78, 5) is 0. The van der Waals surface area contributed by atoms with E-state index in [0.29, 0.717) is 5.92 Å². The van der Waals surface area contributed by atoms with Gasteiger partial charge in [-0.1, -0.05) is 51.3 Å². The van der Waals surface area contributed by atoms with Crippen molar-refractivity contribution in [3.05, 3.63) is 60.8 Å². The molecule has 1 atom stereocenters. The molecule has 1 aromatic heterocycles. The van der Waals surface area contributed by atoms with E-state index < -0.39 is 0 Å². The zero-order chi connectivity index (χ0) is 16.8. The molecule has 1 heterocycles. The molecule has 0 radical (unpaired) electrons. The number of para-hydroxylation sites is 1. The van der Waals surface area contributed by atoms with Gasteiger partial charge in [0.2, 0.25) is 0 Å². The SMILES string of the molecule is CCCCC(CC)COc1ccc(-n2ccc3ccccc32)cc1. The highest BCUT2D eigenvalue weighted by atomic mass is 16.5. The van der Waals surface area contributed by atoms with Crippen LogP contribution in [0, 0.1) is 5.92 Å². The average molecular weight is 321 g/mol. The van der Waals surface area contributed by atoms with E-state index in [0.717, 1.165) is 12.4 Å². The van der Waals surface area contributed by atoms with E-state index in [4.69, 9.17) is 4.74 Å². The molecular formula is C22H27NO. The molecule has 0 spiro atoms. The summed E-state index contributed by atoms with van der Waals surface area (Å²) in [5.41, 5.74) is 2.40. The van der Waals surface area contributed by atoms with Crippen LogP contribution in [0.1, 0.15) is 39.5 Å². The molecule has 0 bridgehead atoms. The number of hydrogen-bond donors (Lipinski definition) is 0. The van der Waals surface area contributed by atoms with Crippen molar-refractivity contribution in [3.8, 4) is 11.4 Å². The zero-order valence-electron chi connectivity index (χ0n) is 14.7. The zero-order valence-corrected chi connectivity index (χ0v) is 14.7. The van der Waals surface area contributed by atoms with Crippen LogP contribution >= 0.6 is 0 Å². The van der Waals surface area contributed by atoms with Gasteiger partial charge in [-0.2, -0.15) is 0 Å². The van der Waals surface area contributed by atoms with Gasteiger partial charge in [-0.3, -0.25) is 0 Å². The van der Waals surface area contributed by atoms with Crippen molar-refractivity contribution in [1.29, 1.82) is 0 Å². The summed E-state index contributed by atoms with van der Waals surface area (Å²) < 4.78 is 8.22. The molecule has 3 rings (SSSR count). The summed E-state index contributed by atoms with van der Waals surface area (Å²) >= 11 is 0. The second kappa shape index (κ2) is 8.05. The highest BCUT2D eigenvalue weighted by Crippen LogP contribution is 2.23. The first-order chi connectivity index (χ1) is 11.8. The molecule has 0 aliphatic rings. The van der Waals surface area contributed by atoms with Crippen molar-refractivity contribution < 1.29 is 4.74 Å².